The second kappa shape index (κ2) is 7.79. The Bertz CT molecular complexity index is 2390. The second-order valence-electron chi connectivity index (χ2n) is 10.0. The maximum absolute atomic E-state index is 5.04. The van der Waals surface area contributed by atoms with Gasteiger partial charge < -0.3 is 9.13 Å². The highest BCUT2D eigenvalue weighted by atomic mass is 32.1. The number of para-hydroxylation sites is 3. The van der Waals surface area contributed by atoms with Gasteiger partial charge in [-0.2, -0.15) is 0 Å². The van der Waals surface area contributed by atoms with Crippen LogP contribution in [0.25, 0.3) is 75.3 Å². The quantitative estimate of drug-likeness (QED) is 0.225. The van der Waals surface area contributed by atoms with Gasteiger partial charge in [0.2, 0.25) is 0 Å². The van der Waals surface area contributed by atoms with Gasteiger partial charge in [-0.05, 0) is 48.5 Å². The Balaban J connectivity index is 1.43. The zero-order valence-corrected chi connectivity index (χ0v) is 21.7. The minimum Gasteiger partial charge on any atom is -0.309 e. The summed E-state index contributed by atoms with van der Waals surface area (Å²) in [6.45, 7) is 0. The molecule has 182 valence electrons. The highest BCUT2D eigenvalue weighted by Gasteiger charge is 2.20. The van der Waals surface area contributed by atoms with E-state index in [0.717, 1.165) is 11.2 Å². The highest BCUT2D eigenvalue weighted by Crippen LogP contribution is 2.42. The molecular formula is C35H21N3S. The molecule has 0 aliphatic rings. The predicted molar refractivity (Wildman–Crippen MR) is 166 cm³/mol. The molecular weight excluding hydrogens is 494 g/mol. The Labute approximate surface area is 227 Å². The van der Waals surface area contributed by atoms with Crippen molar-refractivity contribution in [1.29, 1.82) is 0 Å². The van der Waals surface area contributed by atoms with Crippen molar-refractivity contribution in [2.45, 2.75) is 0 Å². The van der Waals surface area contributed by atoms with Crippen molar-refractivity contribution in [2.75, 3.05) is 0 Å². The zero-order chi connectivity index (χ0) is 25.5. The predicted octanol–water partition coefficient (Wildman–Crippen LogP) is 9.64. The van der Waals surface area contributed by atoms with Crippen molar-refractivity contribution in [2.24, 2.45) is 0 Å². The van der Waals surface area contributed by atoms with Crippen LogP contribution in [-0.2, 0) is 0 Å². The Morgan fingerprint density at radius 1 is 0.487 bits per heavy atom. The van der Waals surface area contributed by atoms with Gasteiger partial charge in [-0.1, -0.05) is 72.8 Å². The van der Waals surface area contributed by atoms with Crippen LogP contribution in [0.15, 0.2) is 128 Å². The summed E-state index contributed by atoms with van der Waals surface area (Å²) in [4.78, 5) is 5.04. The third-order valence-corrected chi connectivity index (χ3v) is 9.14. The standard InChI is InChI=1S/C35H21N3S/c1-2-10-22(11-3-1)37-29-15-7-4-12-24(29)27-20-23(18-19-31(27)37)38-30-16-8-5-14-26(30)33-34(38)35-28(21-36-33)25-13-6-9-17-32(25)39-35/h1-21H. The molecule has 0 radical (unpaired) electrons. The topological polar surface area (TPSA) is 22.8 Å². The first kappa shape index (κ1) is 21.1. The number of nitrogens with zero attached hydrogens (tertiary/aromatic N) is 3. The average Bonchev–Trinajstić information content (AvgIpc) is 3.65. The Morgan fingerprint density at radius 2 is 1.15 bits per heavy atom. The molecule has 4 aromatic heterocycles. The van der Waals surface area contributed by atoms with E-state index >= 15 is 0 Å². The number of thiophene rings is 1. The fourth-order valence-corrected chi connectivity index (χ4v) is 7.50. The van der Waals surface area contributed by atoms with Gasteiger partial charge in [0, 0.05) is 49.2 Å². The Kier molecular flexibility index (Phi) is 4.21. The van der Waals surface area contributed by atoms with E-state index in [1.165, 1.54) is 64.1 Å². The van der Waals surface area contributed by atoms with Gasteiger partial charge in [0.1, 0.15) is 0 Å². The minimum atomic E-state index is 1.05. The molecule has 0 aliphatic heterocycles. The minimum absolute atomic E-state index is 1.05. The van der Waals surface area contributed by atoms with Crippen molar-refractivity contribution < 1.29 is 0 Å². The first-order chi connectivity index (χ1) is 19.4. The highest BCUT2D eigenvalue weighted by molar-refractivity contribution is 7.26. The van der Waals surface area contributed by atoms with Crippen molar-refractivity contribution in [3.63, 3.8) is 0 Å². The number of aromatic nitrogens is 3. The van der Waals surface area contributed by atoms with Crippen LogP contribution in [0.4, 0.5) is 0 Å². The number of rotatable bonds is 2. The molecule has 9 rings (SSSR count). The molecule has 5 aromatic carbocycles. The summed E-state index contributed by atoms with van der Waals surface area (Å²) in [7, 11) is 0. The summed E-state index contributed by atoms with van der Waals surface area (Å²) < 4.78 is 7.36. The monoisotopic (exact) mass is 515 g/mol. The van der Waals surface area contributed by atoms with Crippen LogP contribution in [0, 0.1) is 0 Å². The SMILES string of the molecule is c1ccc(-n2c3ccccc3c3cc(-n4c5ccccc5c5ncc6c7ccccc7sc6c54)ccc32)cc1. The van der Waals surface area contributed by atoms with Crippen molar-refractivity contribution in [3.05, 3.63) is 128 Å². The lowest BCUT2D eigenvalue weighted by atomic mass is 10.1. The number of benzene rings is 5. The largest absolute Gasteiger partial charge is 0.309 e. The molecule has 0 spiro atoms. The molecule has 9 aromatic rings. The summed E-state index contributed by atoms with van der Waals surface area (Å²) in [5.41, 5.74) is 8.15. The normalized spacial score (nSPS) is 12.1. The van der Waals surface area contributed by atoms with E-state index in [1.54, 1.807) is 0 Å². The van der Waals surface area contributed by atoms with E-state index in [9.17, 15) is 0 Å². The average molecular weight is 516 g/mol. The van der Waals surface area contributed by atoms with Crippen LogP contribution < -0.4 is 0 Å². The molecule has 0 amide bonds. The fraction of sp³-hybridized carbons (Fsp3) is 0. The maximum Gasteiger partial charge on any atom is 0.0978 e. The van der Waals surface area contributed by atoms with E-state index in [2.05, 4.69) is 137 Å². The first-order valence-corrected chi connectivity index (χ1v) is 14.0. The summed E-state index contributed by atoms with van der Waals surface area (Å²) in [6, 6.07) is 43.5. The van der Waals surface area contributed by atoms with Crippen molar-refractivity contribution >= 4 is 75.3 Å². The molecule has 0 saturated carbocycles. The molecule has 0 saturated heterocycles. The van der Waals surface area contributed by atoms with Gasteiger partial charge in [0.05, 0.1) is 32.3 Å². The van der Waals surface area contributed by atoms with Gasteiger partial charge in [-0.15, -0.1) is 11.3 Å². The van der Waals surface area contributed by atoms with Crippen LogP contribution >= 0.6 is 11.3 Å². The van der Waals surface area contributed by atoms with E-state index < -0.39 is 0 Å². The molecule has 0 N–H and O–H groups in total. The Morgan fingerprint density at radius 3 is 2.00 bits per heavy atom. The lowest BCUT2D eigenvalue weighted by Crippen LogP contribution is -1.96. The summed E-state index contributed by atoms with van der Waals surface area (Å²) in [6.07, 6.45) is 2.06. The Hall–Kier alpha value is -4.93. The lowest BCUT2D eigenvalue weighted by molar-refractivity contribution is 1.17. The molecule has 0 atom stereocenters. The lowest BCUT2D eigenvalue weighted by Gasteiger charge is -2.10. The van der Waals surface area contributed by atoms with Crippen LogP contribution in [0.1, 0.15) is 0 Å². The molecule has 0 fully saturated rings. The third-order valence-electron chi connectivity index (χ3n) is 7.95. The summed E-state index contributed by atoms with van der Waals surface area (Å²) >= 11 is 1.86. The molecule has 0 bridgehead atoms. The maximum atomic E-state index is 5.04. The molecule has 39 heavy (non-hydrogen) atoms. The number of fused-ring (bicyclic) bond motifs is 10. The zero-order valence-electron chi connectivity index (χ0n) is 20.9. The van der Waals surface area contributed by atoms with Gasteiger partial charge >= 0.3 is 0 Å². The van der Waals surface area contributed by atoms with Gasteiger partial charge in [-0.25, -0.2) is 0 Å². The van der Waals surface area contributed by atoms with E-state index in [1.807, 2.05) is 11.3 Å². The molecule has 0 unspecified atom stereocenters. The van der Waals surface area contributed by atoms with Gasteiger partial charge in [-0.3, -0.25) is 4.98 Å². The summed E-state index contributed by atoms with van der Waals surface area (Å²) in [5.74, 6) is 0. The smallest absolute Gasteiger partial charge is 0.0978 e. The molecule has 0 aliphatic carbocycles. The molecule has 4 heterocycles. The van der Waals surface area contributed by atoms with Crippen LogP contribution in [0.5, 0.6) is 0 Å². The second-order valence-corrected chi connectivity index (χ2v) is 11.1. The van der Waals surface area contributed by atoms with Crippen molar-refractivity contribution in [3.8, 4) is 11.4 Å². The van der Waals surface area contributed by atoms with E-state index in [0.29, 0.717) is 0 Å². The van der Waals surface area contributed by atoms with Crippen LogP contribution in [-0.4, -0.2) is 14.1 Å². The molecule has 4 heteroatoms. The number of pyridine rings is 1. The molecule has 3 nitrogen and oxygen atoms in total. The van der Waals surface area contributed by atoms with Crippen molar-refractivity contribution in [1.82, 2.24) is 14.1 Å². The van der Waals surface area contributed by atoms with E-state index in [-0.39, 0.29) is 0 Å². The van der Waals surface area contributed by atoms with Crippen LogP contribution in [0.3, 0.4) is 0 Å². The van der Waals surface area contributed by atoms with Gasteiger partial charge in [0.25, 0.3) is 0 Å². The van der Waals surface area contributed by atoms with Crippen LogP contribution in [0.2, 0.25) is 0 Å². The third kappa shape index (κ3) is 2.84. The van der Waals surface area contributed by atoms with E-state index in [4.69, 9.17) is 4.98 Å². The number of hydrogen-bond acceptors (Lipinski definition) is 2. The summed E-state index contributed by atoms with van der Waals surface area (Å²) in [5, 5.41) is 6.16. The number of hydrogen-bond donors (Lipinski definition) is 0. The van der Waals surface area contributed by atoms with Gasteiger partial charge in [0.15, 0.2) is 0 Å². The fourth-order valence-electron chi connectivity index (χ4n) is 6.28. The first-order valence-electron chi connectivity index (χ1n) is 13.2.